The third-order valence-corrected chi connectivity index (χ3v) is 5.92. The summed E-state index contributed by atoms with van der Waals surface area (Å²) in [7, 11) is 3.51. The standard InChI is InChI=1S/C25H25N7O3/c1-32-23(30-31-24(32)21-8-10-26-15-28-21)14-27-17-5-3-4-16(12-17)25(33)29-20-9-11-35-22-13-18(34-2)6-7-19(20)22/h3-8,10,12-13,15,20,27H,9,11,14H2,1-2H3,(H,29,33)/t20-/m0/s1. The minimum absolute atomic E-state index is 0.132. The van der Waals surface area contributed by atoms with Crippen LogP contribution in [0.1, 0.15) is 34.2 Å². The fraction of sp³-hybridized carbons (Fsp3) is 0.240. The van der Waals surface area contributed by atoms with E-state index in [-0.39, 0.29) is 11.9 Å². The maximum absolute atomic E-state index is 13.0. The molecule has 0 bridgehead atoms. The molecule has 0 unspecified atom stereocenters. The van der Waals surface area contributed by atoms with E-state index in [1.165, 1.54) is 6.33 Å². The monoisotopic (exact) mass is 471 g/mol. The van der Waals surface area contributed by atoms with Gasteiger partial charge in [-0.2, -0.15) is 0 Å². The Morgan fingerprint density at radius 1 is 1.20 bits per heavy atom. The highest BCUT2D eigenvalue weighted by Gasteiger charge is 2.24. The third kappa shape index (κ3) is 4.77. The van der Waals surface area contributed by atoms with Gasteiger partial charge in [-0.15, -0.1) is 10.2 Å². The smallest absolute Gasteiger partial charge is 0.251 e. The van der Waals surface area contributed by atoms with Crippen LogP contribution in [0.4, 0.5) is 5.69 Å². The number of nitrogens with one attached hydrogen (secondary N) is 2. The minimum atomic E-state index is -0.146. The number of ether oxygens (including phenoxy) is 2. The number of aromatic nitrogens is 5. The molecular formula is C25H25N7O3. The van der Waals surface area contributed by atoms with Gasteiger partial charge in [0.15, 0.2) is 11.6 Å². The maximum atomic E-state index is 13.0. The van der Waals surface area contributed by atoms with Gasteiger partial charge in [0.2, 0.25) is 0 Å². The molecule has 0 fully saturated rings. The van der Waals surface area contributed by atoms with Crippen LogP contribution in [0.2, 0.25) is 0 Å². The number of hydrogen-bond donors (Lipinski definition) is 2. The first-order chi connectivity index (χ1) is 17.1. The number of methoxy groups -OCH3 is 1. The third-order valence-electron chi connectivity index (χ3n) is 5.92. The van der Waals surface area contributed by atoms with E-state index in [4.69, 9.17) is 9.47 Å². The van der Waals surface area contributed by atoms with Crippen molar-refractivity contribution in [2.75, 3.05) is 19.0 Å². The number of fused-ring (bicyclic) bond motifs is 1. The van der Waals surface area contributed by atoms with Crippen molar-refractivity contribution in [2.24, 2.45) is 7.05 Å². The lowest BCUT2D eigenvalue weighted by Gasteiger charge is -2.27. The van der Waals surface area contributed by atoms with Gasteiger partial charge in [0.25, 0.3) is 5.91 Å². The highest BCUT2D eigenvalue weighted by molar-refractivity contribution is 5.95. The number of rotatable bonds is 7. The van der Waals surface area contributed by atoms with E-state index < -0.39 is 0 Å². The number of amides is 1. The van der Waals surface area contributed by atoms with Crippen molar-refractivity contribution in [2.45, 2.75) is 19.0 Å². The van der Waals surface area contributed by atoms with Crippen LogP contribution in [-0.2, 0) is 13.6 Å². The van der Waals surface area contributed by atoms with Gasteiger partial charge in [0.1, 0.15) is 23.5 Å². The van der Waals surface area contributed by atoms with Gasteiger partial charge in [-0.05, 0) is 36.4 Å². The van der Waals surface area contributed by atoms with E-state index in [0.29, 0.717) is 36.7 Å². The number of nitrogens with zero attached hydrogens (tertiary/aromatic N) is 5. The van der Waals surface area contributed by atoms with Gasteiger partial charge in [0, 0.05) is 42.5 Å². The number of benzene rings is 2. The van der Waals surface area contributed by atoms with Crippen molar-refractivity contribution >= 4 is 11.6 Å². The van der Waals surface area contributed by atoms with E-state index in [0.717, 1.165) is 28.6 Å². The maximum Gasteiger partial charge on any atom is 0.251 e. The zero-order valence-electron chi connectivity index (χ0n) is 19.4. The number of anilines is 1. The molecule has 0 radical (unpaired) electrons. The van der Waals surface area contributed by atoms with Crippen LogP contribution in [0.15, 0.2) is 61.1 Å². The van der Waals surface area contributed by atoms with Crippen LogP contribution in [-0.4, -0.2) is 44.4 Å². The molecule has 0 spiro atoms. The molecule has 10 heteroatoms. The SMILES string of the molecule is COc1ccc2c(c1)OCC[C@@H]2NC(=O)c1cccc(NCc2nnc(-c3ccncn3)n2C)c1. The van der Waals surface area contributed by atoms with Gasteiger partial charge in [0.05, 0.1) is 26.3 Å². The van der Waals surface area contributed by atoms with Gasteiger partial charge >= 0.3 is 0 Å². The second-order valence-electron chi connectivity index (χ2n) is 8.09. The van der Waals surface area contributed by atoms with E-state index in [1.54, 1.807) is 25.4 Å². The topological polar surface area (TPSA) is 116 Å². The summed E-state index contributed by atoms with van der Waals surface area (Å²) < 4.78 is 12.9. The fourth-order valence-corrected chi connectivity index (χ4v) is 4.00. The van der Waals surface area contributed by atoms with Crippen molar-refractivity contribution in [3.8, 4) is 23.0 Å². The first-order valence-corrected chi connectivity index (χ1v) is 11.2. The zero-order valence-corrected chi connectivity index (χ0v) is 19.4. The molecule has 178 valence electrons. The molecule has 1 amide bonds. The largest absolute Gasteiger partial charge is 0.497 e. The summed E-state index contributed by atoms with van der Waals surface area (Å²) in [6.07, 6.45) is 3.85. The quantitative estimate of drug-likeness (QED) is 0.422. The Hall–Kier alpha value is -4.47. The molecule has 1 atom stereocenters. The predicted octanol–water partition coefficient (Wildman–Crippen LogP) is 3.15. The Kier molecular flexibility index (Phi) is 6.25. The first-order valence-electron chi connectivity index (χ1n) is 11.2. The molecule has 35 heavy (non-hydrogen) atoms. The molecule has 0 saturated heterocycles. The Balaban J connectivity index is 1.26. The second-order valence-corrected chi connectivity index (χ2v) is 8.09. The average molecular weight is 472 g/mol. The minimum Gasteiger partial charge on any atom is -0.497 e. The lowest BCUT2D eigenvalue weighted by atomic mass is 9.99. The van der Waals surface area contributed by atoms with E-state index >= 15 is 0 Å². The number of carbonyl (C=O) groups excluding carboxylic acids is 1. The molecule has 3 heterocycles. The van der Waals surface area contributed by atoms with Gasteiger partial charge in [-0.1, -0.05) is 6.07 Å². The highest BCUT2D eigenvalue weighted by Crippen LogP contribution is 2.35. The zero-order chi connectivity index (χ0) is 24.2. The van der Waals surface area contributed by atoms with Crippen LogP contribution in [0.3, 0.4) is 0 Å². The molecule has 1 aliphatic rings. The van der Waals surface area contributed by atoms with Crippen molar-refractivity contribution in [3.63, 3.8) is 0 Å². The molecular weight excluding hydrogens is 446 g/mol. The Morgan fingerprint density at radius 3 is 2.94 bits per heavy atom. The molecule has 4 aromatic rings. The normalized spacial score (nSPS) is 14.5. The summed E-state index contributed by atoms with van der Waals surface area (Å²) in [6, 6.07) is 14.7. The predicted molar refractivity (Wildman–Crippen MR) is 129 cm³/mol. The molecule has 2 aromatic heterocycles. The summed E-state index contributed by atoms with van der Waals surface area (Å²) >= 11 is 0. The van der Waals surface area contributed by atoms with Gasteiger partial charge in [-0.3, -0.25) is 4.79 Å². The molecule has 2 aromatic carbocycles. The summed E-state index contributed by atoms with van der Waals surface area (Å²) in [5, 5.41) is 15.0. The summed E-state index contributed by atoms with van der Waals surface area (Å²) in [4.78, 5) is 21.2. The molecule has 0 aliphatic carbocycles. The number of hydrogen-bond acceptors (Lipinski definition) is 8. The van der Waals surface area contributed by atoms with Crippen molar-refractivity contribution in [3.05, 3.63) is 78.0 Å². The molecule has 1 aliphatic heterocycles. The van der Waals surface area contributed by atoms with E-state index in [9.17, 15) is 4.79 Å². The highest BCUT2D eigenvalue weighted by atomic mass is 16.5. The molecule has 10 nitrogen and oxygen atoms in total. The lowest BCUT2D eigenvalue weighted by Crippen LogP contribution is -2.32. The Bertz CT molecular complexity index is 1340. The first kappa shape index (κ1) is 22.3. The van der Waals surface area contributed by atoms with Crippen LogP contribution in [0.25, 0.3) is 11.5 Å². The van der Waals surface area contributed by atoms with Crippen LogP contribution < -0.4 is 20.1 Å². The second kappa shape index (κ2) is 9.80. The number of carbonyl (C=O) groups is 1. The van der Waals surface area contributed by atoms with Gasteiger partial charge in [-0.25, -0.2) is 9.97 Å². The van der Waals surface area contributed by atoms with Crippen LogP contribution in [0, 0.1) is 0 Å². The average Bonchev–Trinajstić information content (AvgIpc) is 3.28. The summed E-state index contributed by atoms with van der Waals surface area (Å²) in [6.45, 7) is 0.968. The van der Waals surface area contributed by atoms with Crippen LogP contribution >= 0.6 is 0 Å². The Morgan fingerprint density at radius 2 is 2.11 bits per heavy atom. The van der Waals surface area contributed by atoms with Gasteiger partial charge < -0.3 is 24.7 Å². The van der Waals surface area contributed by atoms with E-state index in [1.807, 2.05) is 48.0 Å². The fourth-order valence-electron chi connectivity index (χ4n) is 4.00. The Labute approximate surface area is 202 Å². The summed E-state index contributed by atoms with van der Waals surface area (Å²) in [5.74, 6) is 2.71. The van der Waals surface area contributed by atoms with Crippen molar-refractivity contribution < 1.29 is 14.3 Å². The van der Waals surface area contributed by atoms with E-state index in [2.05, 4.69) is 30.8 Å². The molecule has 0 saturated carbocycles. The van der Waals surface area contributed by atoms with Crippen molar-refractivity contribution in [1.29, 1.82) is 0 Å². The lowest BCUT2D eigenvalue weighted by molar-refractivity contribution is 0.0925. The van der Waals surface area contributed by atoms with Crippen molar-refractivity contribution in [1.82, 2.24) is 30.0 Å². The molecule has 5 rings (SSSR count). The van der Waals surface area contributed by atoms with Crippen LogP contribution in [0.5, 0.6) is 11.5 Å². The molecule has 2 N–H and O–H groups in total. The summed E-state index contributed by atoms with van der Waals surface area (Å²) in [5.41, 5.74) is 3.02.